The summed E-state index contributed by atoms with van der Waals surface area (Å²) in [6.07, 6.45) is -4.34. The minimum absolute atomic E-state index is 0.173. The number of aromatic nitrogens is 2. The van der Waals surface area contributed by atoms with Crippen molar-refractivity contribution in [1.82, 2.24) is 15.5 Å². The molecule has 106 valence electrons. The number of halogens is 3. The van der Waals surface area contributed by atoms with Crippen molar-refractivity contribution in [1.29, 1.82) is 0 Å². The number of fused-ring (bicyclic) bond motifs is 1. The van der Waals surface area contributed by atoms with E-state index in [-0.39, 0.29) is 5.69 Å². The van der Waals surface area contributed by atoms with Gasteiger partial charge in [0.05, 0.1) is 5.69 Å². The highest BCUT2D eigenvalue weighted by Gasteiger charge is 2.38. The molecule has 2 rings (SSSR count). The topological polar surface area (TPSA) is 115 Å². The van der Waals surface area contributed by atoms with E-state index in [1.54, 1.807) is 0 Å². The predicted octanol–water partition coefficient (Wildman–Crippen LogP) is 0.387. The first-order valence-corrected chi connectivity index (χ1v) is 5.03. The third kappa shape index (κ3) is 3.95. The standard InChI is InChI=1S/C7H9N3O2.C2HF3O2/c11-7(12)6-4-1-2-8-3-5(4)9-10-6;3-2(4,5)1(6)7/h8H,1-3H2,(H,9,10)(H,11,12);(H,6,7). The molecular weight excluding hydrogens is 271 g/mol. The lowest BCUT2D eigenvalue weighted by molar-refractivity contribution is -0.192. The van der Waals surface area contributed by atoms with Gasteiger partial charge in [-0.25, -0.2) is 9.59 Å². The largest absolute Gasteiger partial charge is 0.490 e. The second-order valence-electron chi connectivity index (χ2n) is 3.56. The summed E-state index contributed by atoms with van der Waals surface area (Å²) in [6.45, 7) is 1.52. The minimum atomic E-state index is -5.08. The van der Waals surface area contributed by atoms with E-state index in [0.29, 0.717) is 6.54 Å². The molecule has 19 heavy (non-hydrogen) atoms. The highest BCUT2D eigenvalue weighted by molar-refractivity contribution is 5.87. The second kappa shape index (κ2) is 5.69. The van der Waals surface area contributed by atoms with Crippen LogP contribution in [-0.4, -0.2) is 45.1 Å². The molecule has 0 aromatic carbocycles. The van der Waals surface area contributed by atoms with Gasteiger partial charge in [-0.3, -0.25) is 5.10 Å². The van der Waals surface area contributed by atoms with Gasteiger partial charge in [0, 0.05) is 12.1 Å². The number of aliphatic carboxylic acids is 1. The van der Waals surface area contributed by atoms with E-state index in [1.807, 2.05) is 0 Å². The molecule has 4 N–H and O–H groups in total. The predicted molar refractivity (Wildman–Crippen MR) is 54.6 cm³/mol. The van der Waals surface area contributed by atoms with E-state index in [0.717, 1.165) is 24.2 Å². The first-order valence-electron chi connectivity index (χ1n) is 5.03. The fraction of sp³-hybridized carbons (Fsp3) is 0.444. The Labute approximate surface area is 104 Å². The number of H-pyrrole nitrogens is 1. The lowest BCUT2D eigenvalue weighted by Gasteiger charge is -2.11. The number of rotatable bonds is 1. The fourth-order valence-electron chi connectivity index (χ4n) is 1.42. The maximum atomic E-state index is 10.6. The van der Waals surface area contributed by atoms with E-state index in [1.165, 1.54) is 0 Å². The van der Waals surface area contributed by atoms with Crippen LogP contribution in [0.1, 0.15) is 21.7 Å². The molecule has 0 atom stereocenters. The number of carboxylic acid groups (broad SMARTS) is 2. The lowest BCUT2D eigenvalue weighted by atomic mass is 10.1. The Balaban J connectivity index is 0.000000224. The average Bonchev–Trinajstić information content (AvgIpc) is 2.72. The number of nitrogens with zero attached hydrogens (tertiary/aromatic N) is 1. The maximum Gasteiger partial charge on any atom is 0.490 e. The molecule has 1 aromatic rings. The zero-order chi connectivity index (χ0) is 14.6. The summed E-state index contributed by atoms with van der Waals surface area (Å²) in [6, 6.07) is 0. The van der Waals surface area contributed by atoms with E-state index in [4.69, 9.17) is 15.0 Å². The van der Waals surface area contributed by atoms with Crippen LogP contribution in [0.3, 0.4) is 0 Å². The smallest absolute Gasteiger partial charge is 0.476 e. The van der Waals surface area contributed by atoms with Crippen LogP contribution < -0.4 is 5.32 Å². The Bertz CT molecular complexity index is 484. The Morgan fingerprint density at radius 1 is 1.26 bits per heavy atom. The van der Waals surface area contributed by atoms with Gasteiger partial charge in [0.25, 0.3) is 0 Å². The van der Waals surface area contributed by atoms with E-state index >= 15 is 0 Å². The summed E-state index contributed by atoms with van der Waals surface area (Å²) in [5.41, 5.74) is 1.92. The third-order valence-electron chi connectivity index (χ3n) is 2.25. The summed E-state index contributed by atoms with van der Waals surface area (Å²) in [5, 5.41) is 25.4. The Morgan fingerprint density at radius 2 is 1.84 bits per heavy atom. The fourth-order valence-corrected chi connectivity index (χ4v) is 1.42. The quantitative estimate of drug-likeness (QED) is 0.591. The lowest BCUT2D eigenvalue weighted by Crippen LogP contribution is -2.24. The number of hydrogen-bond acceptors (Lipinski definition) is 4. The average molecular weight is 281 g/mol. The number of carboxylic acids is 2. The van der Waals surface area contributed by atoms with Gasteiger partial charge < -0.3 is 15.5 Å². The highest BCUT2D eigenvalue weighted by atomic mass is 19.4. The van der Waals surface area contributed by atoms with Crippen LogP contribution in [0.4, 0.5) is 13.2 Å². The van der Waals surface area contributed by atoms with Crippen LogP contribution in [0.25, 0.3) is 0 Å². The number of carbonyl (C=O) groups is 2. The van der Waals surface area contributed by atoms with Crippen molar-refractivity contribution < 1.29 is 33.0 Å². The molecule has 1 aliphatic heterocycles. The number of alkyl halides is 3. The van der Waals surface area contributed by atoms with E-state index in [9.17, 15) is 18.0 Å². The summed E-state index contributed by atoms with van der Waals surface area (Å²) < 4.78 is 31.7. The summed E-state index contributed by atoms with van der Waals surface area (Å²) in [5.74, 6) is -3.71. The molecule has 0 fully saturated rings. The van der Waals surface area contributed by atoms with Gasteiger partial charge in [0.15, 0.2) is 5.69 Å². The van der Waals surface area contributed by atoms with Gasteiger partial charge in [0.2, 0.25) is 0 Å². The molecule has 1 aromatic heterocycles. The minimum Gasteiger partial charge on any atom is -0.476 e. The highest BCUT2D eigenvalue weighted by Crippen LogP contribution is 2.15. The maximum absolute atomic E-state index is 10.6. The Morgan fingerprint density at radius 3 is 2.32 bits per heavy atom. The summed E-state index contributed by atoms with van der Waals surface area (Å²) in [7, 11) is 0. The van der Waals surface area contributed by atoms with Gasteiger partial charge in [-0.2, -0.15) is 18.3 Å². The van der Waals surface area contributed by atoms with E-state index < -0.39 is 18.1 Å². The first kappa shape index (κ1) is 15.0. The SMILES string of the molecule is O=C(O)C(F)(F)F.O=C(O)c1n[nH]c2c1CCNC2. The number of aromatic amines is 1. The van der Waals surface area contributed by atoms with Crippen LogP contribution in [0, 0.1) is 0 Å². The van der Waals surface area contributed by atoms with Crippen LogP contribution >= 0.6 is 0 Å². The van der Waals surface area contributed by atoms with Crippen molar-refractivity contribution in [3.05, 3.63) is 17.0 Å². The molecule has 0 radical (unpaired) electrons. The second-order valence-corrected chi connectivity index (χ2v) is 3.56. The molecule has 0 saturated carbocycles. The molecule has 0 bridgehead atoms. The zero-order valence-electron chi connectivity index (χ0n) is 9.41. The third-order valence-corrected chi connectivity index (χ3v) is 2.25. The zero-order valence-corrected chi connectivity index (χ0v) is 9.41. The summed E-state index contributed by atoms with van der Waals surface area (Å²) in [4.78, 5) is 19.5. The van der Waals surface area contributed by atoms with Crippen LogP contribution in [0.5, 0.6) is 0 Å². The van der Waals surface area contributed by atoms with Crippen LogP contribution in [-0.2, 0) is 17.8 Å². The molecule has 0 amide bonds. The molecule has 7 nitrogen and oxygen atoms in total. The Kier molecular flexibility index (Phi) is 4.48. The number of hydrogen-bond donors (Lipinski definition) is 4. The van der Waals surface area contributed by atoms with Crippen molar-refractivity contribution in [2.45, 2.75) is 19.1 Å². The van der Waals surface area contributed by atoms with Crippen molar-refractivity contribution in [2.24, 2.45) is 0 Å². The molecule has 0 spiro atoms. The van der Waals surface area contributed by atoms with Gasteiger partial charge in [-0.1, -0.05) is 0 Å². The molecular formula is C9H10F3N3O4. The normalized spacial score (nSPS) is 14.1. The van der Waals surface area contributed by atoms with Crippen molar-refractivity contribution in [3.8, 4) is 0 Å². The van der Waals surface area contributed by atoms with Crippen LogP contribution in [0.2, 0.25) is 0 Å². The van der Waals surface area contributed by atoms with Crippen LogP contribution in [0.15, 0.2) is 0 Å². The van der Waals surface area contributed by atoms with E-state index in [2.05, 4.69) is 15.5 Å². The Hall–Kier alpha value is -2.10. The number of aromatic carboxylic acids is 1. The van der Waals surface area contributed by atoms with Crippen molar-refractivity contribution in [2.75, 3.05) is 6.54 Å². The first-order chi connectivity index (χ1) is 8.73. The molecule has 10 heteroatoms. The number of nitrogens with one attached hydrogen (secondary N) is 2. The summed E-state index contributed by atoms with van der Waals surface area (Å²) >= 11 is 0. The molecule has 0 aliphatic carbocycles. The van der Waals surface area contributed by atoms with Gasteiger partial charge in [0.1, 0.15) is 0 Å². The molecule has 2 heterocycles. The van der Waals surface area contributed by atoms with Gasteiger partial charge >= 0.3 is 18.1 Å². The van der Waals surface area contributed by atoms with Gasteiger partial charge in [-0.15, -0.1) is 0 Å². The molecule has 0 unspecified atom stereocenters. The van der Waals surface area contributed by atoms with Crippen molar-refractivity contribution >= 4 is 11.9 Å². The molecule has 1 aliphatic rings. The monoisotopic (exact) mass is 281 g/mol. The van der Waals surface area contributed by atoms with Gasteiger partial charge in [-0.05, 0) is 13.0 Å². The molecule has 0 saturated heterocycles. The van der Waals surface area contributed by atoms with Crippen molar-refractivity contribution in [3.63, 3.8) is 0 Å².